The molecule has 0 bridgehead atoms. The summed E-state index contributed by atoms with van der Waals surface area (Å²) < 4.78 is 0. The minimum absolute atomic E-state index is 0.109. The van der Waals surface area contributed by atoms with Crippen molar-refractivity contribution < 1.29 is 4.79 Å². The Hall–Kier alpha value is -1.83. The third-order valence-electron chi connectivity index (χ3n) is 4.11. The van der Waals surface area contributed by atoms with E-state index in [0.29, 0.717) is 11.8 Å². The zero-order chi connectivity index (χ0) is 11.4. The second kappa shape index (κ2) is 3.10. The summed E-state index contributed by atoms with van der Waals surface area (Å²) >= 11 is 0. The summed E-state index contributed by atoms with van der Waals surface area (Å²) in [5.41, 5.74) is 5.06. The van der Waals surface area contributed by atoms with Crippen LogP contribution in [0.3, 0.4) is 0 Å². The van der Waals surface area contributed by atoms with Crippen molar-refractivity contribution in [2.75, 3.05) is 6.54 Å². The van der Waals surface area contributed by atoms with Gasteiger partial charge in [0.05, 0.1) is 0 Å². The first-order valence-corrected chi connectivity index (χ1v) is 6.15. The first kappa shape index (κ1) is 9.23. The SMILES string of the molecule is O=C1C=CC2=CC3C(=CC=C4NCCC43)C2=C1. The highest BCUT2D eigenvalue weighted by Gasteiger charge is 2.38. The summed E-state index contributed by atoms with van der Waals surface area (Å²) in [6.07, 6.45) is 13.3. The molecule has 0 spiro atoms. The molecule has 4 rings (SSSR count). The van der Waals surface area contributed by atoms with Gasteiger partial charge in [-0.25, -0.2) is 0 Å². The molecule has 0 aromatic rings. The average Bonchev–Trinajstić information content (AvgIpc) is 2.91. The molecule has 4 aliphatic rings. The summed E-state index contributed by atoms with van der Waals surface area (Å²) in [5.74, 6) is 1.18. The van der Waals surface area contributed by atoms with E-state index in [2.05, 4.69) is 23.5 Å². The van der Waals surface area contributed by atoms with Gasteiger partial charge in [0.15, 0.2) is 5.78 Å². The zero-order valence-electron chi connectivity index (χ0n) is 9.44. The molecule has 1 N–H and O–H groups in total. The topological polar surface area (TPSA) is 29.1 Å². The van der Waals surface area contributed by atoms with Gasteiger partial charge in [-0.15, -0.1) is 0 Å². The van der Waals surface area contributed by atoms with Crippen LogP contribution >= 0.6 is 0 Å². The van der Waals surface area contributed by atoms with Crippen molar-refractivity contribution in [1.82, 2.24) is 5.32 Å². The molecule has 0 aromatic carbocycles. The van der Waals surface area contributed by atoms with Crippen molar-refractivity contribution >= 4 is 5.78 Å². The third-order valence-corrected chi connectivity index (χ3v) is 4.11. The van der Waals surface area contributed by atoms with Crippen LogP contribution in [-0.2, 0) is 4.79 Å². The van der Waals surface area contributed by atoms with Gasteiger partial charge >= 0.3 is 0 Å². The minimum Gasteiger partial charge on any atom is -0.388 e. The molecule has 0 saturated carbocycles. The van der Waals surface area contributed by atoms with Crippen molar-refractivity contribution in [3.8, 4) is 0 Å². The van der Waals surface area contributed by atoms with E-state index in [1.54, 1.807) is 12.2 Å². The van der Waals surface area contributed by atoms with E-state index >= 15 is 0 Å². The van der Waals surface area contributed by atoms with E-state index in [4.69, 9.17) is 0 Å². The Morgan fingerprint density at radius 2 is 2.18 bits per heavy atom. The van der Waals surface area contributed by atoms with Crippen LogP contribution in [0.15, 0.2) is 58.9 Å². The number of hydrogen-bond acceptors (Lipinski definition) is 2. The van der Waals surface area contributed by atoms with Gasteiger partial charge in [-0.2, -0.15) is 0 Å². The lowest BCUT2D eigenvalue weighted by atomic mass is 9.80. The molecular formula is C15H13NO. The van der Waals surface area contributed by atoms with Crippen molar-refractivity contribution in [3.05, 3.63) is 58.9 Å². The molecule has 2 nitrogen and oxygen atoms in total. The van der Waals surface area contributed by atoms with Crippen molar-refractivity contribution in [2.45, 2.75) is 6.42 Å². The Morgan fingerprint density at radius 3 is 3.12 bits per heavy atom. The molecule has 2 heteroatoms. The largest absolute Gasteiger partial charge is 0.388 e. The first-order valence-electron chi connectivity index (χ1n) is 6.15. The Morgan fingerprint density at radius 1 is 1.24 bits per heavy atom. The molecular weight excluding hydrogens is 210 g/mol. The standard InChI is InChI=1S/C15H13NO/c17-10-2-1-9-7-14-11(13(9)8-10)3-4-15-12(14)5-6-16-15/h1-4,7-8,12,14,16H,5-6H2. The van der Waals surface area contributed by atoms with Gasteiger partial charge in [-0.1, -0.05) is 18.2 Å². The Bertz CT molecular complexity index is 572. The summed E-state index contributed by atoms with van der Waals surface area (Å²) in [5, 5.41) is 3.44. The molecule has 1 fully saturated rings. The van der Waals surface area contributed by atoms with Crippen LogP contribution in [0.4, 0.5) is 0 Å². The van der Waals surface area contributed by atoms with Crippen LogP contribution in [-0.4, -0.2) is 12.3 Å². The maximum Gasteiger partial charge on any atom is 0.179 e. The molecule has 0 amide bonds. The fraction of sp³-hybridized carbons (Fsp3) is 0.267. The van der Waals surface area contributed by atoms with Crippen LogP contribution in [0.2, 0.25) is 0 Å². The van der Waals surface area contributed by atoms with Gasteiger partial charge in [0, 0.05) is 24.1 Å². The van der Waals surface area contributed by atoms with Crippen LogP contribution in [0.1, 0.15) is 6.42 Å². The van der Waals surface area contributed by atoms with Gasteiger partial charge in [-0.3, -0.25) is 4.79 Å². The fourth-order valence-electron chi connectivity index (χ4n) is 3.32. The summed E-state index contributed by atoms with van der Waals surface area (Å²) in [4.78, 5) is 11.5. The van der Waals surface area contributed by atoms with Crippen molar-refractivity contribution in [2.24, 2.45) is 11.8 Å². The minimum atomic E-state index is 0.109. The predicted octanol–water partition coefficient (Wildman–Crippen LogP) is 2.04. The van der Waals surface area contributed by atoms with E-state index in [9.17, 15) is 4.79 Å². The summed E-state index contributed by atoms with van der Waals surface area (Å²) in [6.45, 7) is 1.07. The molecule has 17 heavy (non-hydrogen) atoms. The summed E-state index contributed by atoms with van der Waals surface area (Å²) in [7, 11) is 0. The lowest BCUT2D eigenvalue weighted by molar-refractivity contribution is -0.110. The monoisotopic (exact) mass is 223 g/mol. The van der Waals surface area contributed by atoms with Crippen LogP contribution < -0.4 is 5.32 Å². The Kier molecular flexibility index (Phi) is 1.68. The number of fused-ring (bicyclic) bond motifs is 5. The number of ketones is 1. The average molecular weight is 223 g/mol. The highest BCUT2D eigenvalue weighted by Crippen LogP contribution is 2.47. The van der Waals surface area contributed by atoms with E-state index in [-0.39, 0.29) is 5.78 Å². The number of carbonyl (C=O) groups is 1. The second-order valence-electron chi connectivity index (χ2n) is 5.01. The van der Waals surface area contributed by atoms with Crippen molar-refractivity contribution in [3.63, 3.8) is 0 Å². The van der Waals surface area contributed by atoms with Crippen molar-refractivity contribution in [1.29, 1.82) is 0 Å². The zero-order valence-corrected chi connectivity index (χ0v) is 9.44. The lowest BCUT2D eigenvalue weighted by Gasteiger charge is -2.24. The van der Waals surface area contributed by atoms with Crippen LogP contribution in [0, 0.1) is 11.8 Å². The normalized spacial score (nSPS) is 32.8. The third kappa shape index (κ3) is 1.18. The maximum atomic E-state index is 11.5. The van der Waals surface area contributed by atoms with Crippen LogP contribution in [0.5, 0.6) is 0 Å². The van der Waals surface area contributed by atoms with Gasteiger partial charge in [-0.05, 0) is 41.4 Å². The highest BCUT2D eigenvalue weighted by atomic mass is 16.1. The number of rotatable bonds is 0. The molecule has 1 saturated heterocycles. The lowest BCUT2D eigenvalue weighted by Crippen LogP contribution is -2.18. The van der Waals surface area contributed by atoms with Gasteiger partial charge in [0.2, 0.25) is 0 Å². The highest BCUT2D eigenvalue weighted by molar-refractivity contribution is 6.03. The summed E-state index contributed by atoms with van der Waals surface area (Å²) in [6, 6.07) is 0. The molecule has 3 aliphatic carbocycles. The molecule has 2 atom stereocenters. The molecule has 84 valence electrons. The molecule has 0 aromatic heterocycles. The number of carbonyl (C=O) groups excluding carboxylic acids is 1. The molecule has 1 heterocycles. The van der Waals surface area contributed by atoms with Gasteiger partial charge < -0.3 is 5.32 Å². The predicted molar refractivity (Wildman–Crippen MR) is 66.1 cm³/mol. The van der Waals surface area contributed by atoms with E-state index < -0.39 is 0 Å². The van der Waals surface area contributed by atoms with Gasteiger partial charge in [0.25, 0.3) is 0 Å². The second-order valence-corrected chi connectivity index (χ2v) is 5.01. The van der Waals surface area contributed by atoms with Gasteiger partial charge in [0.1, 0.15) is 0 Å². The first-order chi connectivity index (χ1) is 8.33. The number of nitrogens with one attached hydrogen (secondary N) is 1. The maximum absolute atomic E-state index is 11.5. The molecule has 1 aliphatic heterocycles. The van der Waals surface area contributed by atoms with Crippen LogP contribution in [0.25, 0.3) is 0 Å². The van der Waals surface area contributed by atoms with E-state index in [1.165, 1.54) is 23.3 Å². The quantitative estimate of drug-likeness (QED) is 0.681. The molecule has 2 unspecified atom stereocenters. The van der Waals surface area contributed by atoms with E-state index in [0.717, 1.165) is 12.1 Å². The Balaban J connectivity index is 1.85. The van der Waals surface area contributed by atoms with E-state index in [1.807, 2.05) is 6.08 Å². The fourth-order valence-corrected chi connectivity index (χ4v) is 3.32. The number of hydrogen-bond donors (Lipinski definition) is 1. The smallest absolute Gasteiger partial charge is 0.179 e. The molecule has 0 radical (unpaired) electrons. The Labute approximate surface area is 100 Å². The number of allylic oxidation sites excluding steroid dienone is 10.